The lowest BCUT2D eigenvalue weighted by molar-refractivity contribution is -0.115. The van der Waals surface area contributed by atoms with Crippen LogP contribution < -0.4 is 11.1 Å². The molecule has 3 N–H and O–H groups in total. The summed E-state index contributed by atoms with van der Waals surface area (Å²) in [5, 5.41) is 7.13. The fourth-order valence-corrected chi connectivity index (χ4v) is 3.49. The summed E-state index contributed by atoms with van der Waals surface area (Å²) in [7, 11) is 0. The van der Waals surface area contributed by atoms with E-state index in [1.807, 2.05) is 19.9 Å². The van der Waals surface area contributed by atoms with Gasteiger partial charge in [-0.2, -0.15) is 9.50 Å². The number of aromatic nitrogens is 4. The number of nitrogens with zero attached hydrogens (tertiary/aromatic N) is 4. The molecule has 7 heteroatoms. The zero-order chi connectivity index (χ0) is 17.6. The molecule has 7 nitrogen and oxygen atoms in total. The molecule has 128 valence electrons. The molecular formula is C18H20N6O. The summed E-state index contributed by atoms with van der Waals surface area (Å²) < 4.78 is 1.58. The predicted octanol–water partition coefficient (Wildman–Crippen LogP) is 1.99. The van der Waals surface area contributed by atoms with Crippen molar-refractivity contribution in [2.45, 2.75) is 39.5 Å². The SMILES string of the molecule is Cc1nc2nc(N)nn2c(C)c1CC(=O)Nc1ccc2c(c1)CCC2. The molecule has 0 aliphatic heterocycles. The molecule has 1 amide bonds. The highest BCUT2D eigenvalue weighted by Gasteiger charge is 2.16. The number of hydrogen-bond acceptors (Lipinski definition) is 5. The Labute approximate surface area is 145 Å². The summed E-state index contributed by atoms with van der Waals surface area (Å²) in [6.45, 7) is 3.77. The molecule has 2 aromatic heterocycles. The number of nitrogens with one attached hydrogen (secondary N) is 1. The second kappa shape index (κ2) is 5.84. The van der Waals surface area contributed by atoms with Gasteiger partial charge < -0.3 is 11.1 Å². The zero-order valence-corrected chi connectivity index (χ0v) is 14.3. The number of nitrogen functional groups attached to an aromatic ring is 1. The standard InChI is InChI=1S/C18H20N6O/c1-10-15(11(2)24-18(20-10)22-17(19)23-24)9-16(25)21-14-7-6-12-4-3-5-13(12)8-14/h6-8H,3-5,9H2,1-2H3,(H2,19,23)(H,21,25). The van der Waals surface area contributed by atoms with E-state index in [0.29, 0.717) is 5.78 Å². The monoisotopic (exact) mass is 336 g/mol. The van der Waals surface area contributed by atoms with Crippen LogP contribution in [0.1, 0.15) is 34.5 Å². The Bertz CT molecular complexity index is 991. The first-order valence-corrected chi connectivity index (χ1v) is 8.41. The summed E-state index contributed by atoms with van der Waals surface area (Å²) in [6.07, 6.45) is 3.65. The number of anilines is 2. The highest BCUT2D eigenvalue weighted by atomic mass is 16.1. The molecule has 4 rings (SSSR count). The smallest absolute Gasteiger partial charge is 0.254 e. The average molecular weight is 336 g/mol. The van der Waals surface area contributed by atoms with Crippen LogP contribution in [-0.2, 0) is 24.1 Å². The van der Waals surface area contributed by atoms with Crippen LogP contribution in [-0.4, -0.2) is 25.5 Å². The number of aryl methyl sites for hydroxylation is 4. The van der Waals surface area contributed by atoms with Crippen molar-refractivity contribution in [3.05, 3.63) is 46.3 Å². The van der Waals surface area contributed by atoms with Crippen molar-refractivity contribution in [2.75, 3.05) is 11.1 Å². The molecule has 1 aliphatic carbocycles. The second-order valence-corrected chi connectivity index (χ2v) is 6.50. The van der Waals surface area contributed by atoms with Gasteiger partial charge >= 0.3 is 0 Å². The van der Waals surface area contributed by atoms with E-state index in [0.717, 1.165) is 35.5 Å². The molecule has 0 atom stereocenters. The number of hydrogen-bond donors (Lipinski definition) is 2. The minimum atomic E-state index is -0.0709. The molecule has 3 aromatic rings. The van der Waals surface area contributed by atoms with E-state index in [1.165, 1.54) is 17.5 Å². The molecule has 2 heterocycles. The van der Waals surface area contributed by atoms with Crippen LogP contribution in [0.4, 0.5) is 11.6 Å². The third kappa shape index (κ3) is 2.82. The Hall–Kier alpha value is -2.96. The minimum Gasteiger partial charge on any atom is -0.366 e. The molecule has 1 aliphatic rings. The summed E-state index contributed by atoms with van der Waals surface area (Å²) in [6, 6.07) is 6.17. The molecular weight excluding hydrogens is 316 g/mol. The van der Waals surface area contributed by atoms with Crippen LogP contribution in [0.15, 0.2) is 18.2 Å². The van der Waals surface area contributed by atoms with Crippen molar-refractivity contribution in [3.63, 3.8) is 0 Å². The van der Waals surface area contributed by atoms with Gasteiger partial charge in [0.15, 0.2) is 0 Å². The van der Waals surface area contributed by atoms with Gasteiger partial charge in [-0.05, 0) is 56.4 Å². The third-order valence-corrected chi connectivity index (χ3v) is 4.78. The van der Waals surface area contributed by atoms with Crippen LogP contribution in [0, 0.1) is 13.8 Å². The number of benzene rings is 1. The highest BCUT2D eigenvalue weighted by molar-refractivity contribution is 5.92. The minimum absolute atomic E-state index is 0.0709. The van der Waals surface area contributed by atoms with Crippen molar-refractivity contribution >= 4 is 23.3 Å². The fourth-order valence-electron chi connectivity index (χ4n) is 3.49. The fraction of sp³-hybridized carbons (Fsp3) is 0.333. The molecule has 0 saturated heterocycles. The van der Waals surface area contributed by atoms with Gasteiger partial charge in [-0.25, -0.2) is 4.98 Å². The molecule has 0 bridgehead atoms. The van der Waals surface area contributed by atoms with Gasteiger partial charge in [-0.15, -0.1) is 5.10 Å². The molecule has 0 radical (unpaired) electrons. The largest absolute Gasteiger partial charge is 0.366 e. The Kier molecular flexibility index (Phi) is 3.63. The first-order chi connectivity index (χ1) is 12.0. The van der Waals surface area contributed by atoms with Crippen LogP contribution in [0.5, 0.6) is 0 Å². The Balaban J connectivity index is 1.57. The van der Waals surface area contributed by atoms with Crippen LogP contribution >= 0.6 is 0 Å². The average Bonchev–Trinajstić information content (AvgIpc) is 3.17. The number of carbonyl (C=O) groups is 1. The topological polar surface area (TPSA) is 98.2 Å². The summed E-state index contributed by atoms with van der Waals surface area (Å²) in [5.41, 5.74) is 11.7. The summed E-state index contributed by atoms with van der Waals surface area (Å²) in [4.78, 5) is 21.0. The maximum atomic E-state index is 12.5. The maximum Gasteiger partial charge on any atom is 0.254 e. The molecule has 0 fully saturated rings. The van der Waals surface area contributed by atoms with E-state index in [2.05, 4.69) is 32.5 Å². The molecule has 0 saturated carbocycles. The Morgan fingerprint density at radius 1 is 1.24 bits per heavy atom. The molecule has 0 spiro atoms. The van der Waals surface area contributed by atoms with Crippen LogP contribution in [0.3, 0.4) is 0 Å². The van der Waals surface area contributed by atoms with Gasteiger partial charge in [-0.1, -0.05) is 6.07 Å². The van der Waals surface area contributed by atoms with Crippen molar-refractivity contribution in [1.29, 1.82) is 0 Å². The molecule has 1 aromatic carbocycles. The Morgan fingerprint density at radius 2 is 2.04 bits per heavy atom. The number of carbonyl (C=O) groups excluding carboxylic acids is 1. The predicted molar refractivity (Wildman–Crippen MR) is 95.5 cm³/mol. The molecule has 25 heavy (non-hydrogen) atoms. The lowest BCUT2D eigenvalue weighted by atomic mass is 10.1. The van der Waals surface area contributed by atoms with E-state index < -0.39 is 0 Å². The lowest BCUT2D eigenvalue weighted by Crippen LogP contribution is -2.18. The normalized spacial score (nSPS) is 13.2. The number of fused-ring (bicyclic) bond motifs is 2. The first-order valence-electron chi connectivity index (χ1n) is 8.41. The van der Waals surface area contributed by atoms with Gasteiger partial charge in [0.25, 0.3) is 5.78 Å². The highest BCUT2D eigenvalue weighted by Crippen LogP contribution is 2.25. The van der Waals surface area contributed by atoms with Crippen LogP contribution in [0.25, 0.3) is 5.78 Å². The maximum absolute atomic E-state index is 12.5. The van der Waals surface area contributed by atoms with Gasteiger partial charge in [0.1, 0.15) is 0 Å². The number of rotatable bonds is 3. The quantitative estimate of drug-likeness (QED) is 0.762. The Morgan fingerprint density at radius 3 is 2.88 bits per heavy atom. The van der Waals surface area contributed by atoms with Crippen molar-refractivity contribution in [2.24, 2.45) is 0 Å². The first kappa shape index (κ1) is 15.6. The summed E-state index contributed by atoms with van der Waals surface area (Å²) in [5.74, 6) is 0.559. The van der Waals surface area contributed by atoms with E-state index in [9.17, 15) is 4.79 Å². The number of amides is 1. The van der Waals surface area contributed by atoms with Crippen molar-refractivity contribution < 1.29 is 4.79 Å². The van der Waals surface area contributed by atoms with E-state index in [-0.39, 0.29) is 18.3 Å². The summed E-state index contributed by atoms with van der Waals surface area (Å²) >= 11 is 0. The van der Waals surface area contributed by atoms with Crippen molar-refractivity contribution in [1.82, 2.24) is 19.6 Å². The third-order valence-electron chi connectivity index (χ3n) is 4.78. The van der Waals surface area contributed by atoms with Gasteiger partial charge in [-0.3, -0.25) is 4.79 Å². The van der Waals surface area contributed by atoms with Crippen molar-refractivity contribution in [3.8, 4) is 0 Å². The number of nitrogens with two attached hydrogens (primary N) is 1. The zero-order valence-electron chi connectivity index (χ0n) is 14.3. The van der Waals surface area contributed by atoms with Gasteiger partial charge in [0.2, 0.25) is 11.9 Å². The van der Waals surface area contributed by atoms with Gasteiger partial charge in [0.05, 0.1) is 6.42 Å². The molecule has 0 unspecified atom stereocenters. The van der Waals surface area contributed by atoms with E-state index >= 15 is 0 Å². The van der Waals surface area contributed by atoms with Gasteiger partial charge in [0, 0.05) is 22.6 Å². The van der Waals surface area contributed by atoms with Crippen LogP contribution in [0.2, 0.25) is 0 Å². The lowest BCUT2D eigenvalue weighted by Gasteiger charge is -2.11. The van der Waals surface area contributed by atoms with E-state index in [1.54, 1.807) is 4.52 Å². The second-order valence-electron chi connectivity index (χ2n) is 6.50. The van der Waals surface area contributed by atoms with E-state index in [4.69, 9.17) is 5.73 Å².